The molecule has 1 aromatic carbocycles. The molecule has 0 spiro atoms. The van der Waals surface area contributed by atoms with E-state index in [2.05, 4.69) is 10.1 Å². The standard InChI is InChI=1S/C13H15FN4O3/c1-3-13(15,4-2)12-16-11(21-17-12)9-6-5-8(14)7-10(9)18(19)20/h5-7H,3-4,15H2,1-2H3. The molecule has 21 heavy (non-hydrogen) atoms. The molecule has 0 radical (unpaired) electrons. The highest BCUT2D eigenvalue weighted by atomic mass is 19.1. The zero-order valence-corrected chi connectivity index (χ0v) is 11.7. The predicted octanol–water partition coefficient (Wildman–Crippen LogP) is 2.76. The van der Waals surface area contributed by atoms with E-state index in [-0.39, 0.29) is 17.3 Å². The lowest BCUT2D eigenvalue weighted by Crippen LogP contribution is -2.36. The summed E-state index contributed by atoms with van der Waals surface area (Å²) in [6.45, 7) is 3.78. The Kier molecular flexibility index (Phi) is 3.99. The Morgan fingerprint density at radius 1 is 1.43 bits per heavy atom. The Bertz CT molecular complexity index is 667. The van der Waals surface area contributed by atoms with Crippen LogP contribution in [-0.4, -0.2) is 15.1 Å². The molecular weight excluding hydrogens is 279 g/mol. The van der Waals surface area contributed by atoms with Crippen molar-refractivity contribution in [2.45, 2.75) is 32.2 Å². The van der Waals surface area contributed by atoms with Gasteiger partial charge in [-0.15, -0.1) is 0 Å². The first-order valence-electron chi connectivity index (χ1n) is 6.48. The van der Waals surface area contributed by atoms with E-state index in [4.69, 9.17) is 10.3 Å². The van der Waals surface area contributed by atoms with E-state index in [1.54, 1.807) is 0 Å². The van der Waals surface area contributed by atoms with E-state index in [1.165, 1.54) is 6.07 Å². The fraction of sp³-hybridized carbons (Fsp3) is 0.385. The van der Waals surface area contributed by atoms with Gasteiger partial charge in [0.15, 0.2) is 5.82 Å². The van der Waals surface area contributed by atoms with Crippen molar-refractivity contribution in [3.63, 3.8) is 0 Å². The lowest BCUT2D eigenvalue weighted by atomic mass is 9.93. The van der Waals surface area contributed by atoms with Gasteiger partial charge in [-0.2, -0.15) is 4.98 Å². The van der Waals surface area contributed by atoms with E-state index in [9.17, 15) is 14.5 Å². The highest BCUT2D eigenvalue weighted by molar-refractivity contribution is 5.66. The second-order valence-corrected chi connectivity index (χ2v) is 4.70. The zero-order valence-electron chi connectivity index (χ0n) is 11.7. The summed E-state index contributed by atoms with van der Waals surface area (Å²) in [5, 5.41) is 14.8. The van der Waals surface area contributed by atoms with Crippen LogP contribution in [0.15, 0.2) is 22.7 Å². The monoisotopic (exact) mass is 294 g/mol. The largest absolute Gasteiger partial charge is 0.334 e. The Morgan fingerprint density at radius 2 is 2.10 bits per heavy atom. The smallest absolute Gasteiger partial charge is 0.285 e. The number of nitro benzene ring substituents is 1. The fourth-order valence-corrected chi connectivity index (χ4v) is 1.94. The third-order valence-corrected chi connectivity index (χ3v) is 3.52. The molecule has 1 heterocycles. The fourth-order valence-electron chi connectivity index (χ4n) is 1.94. The second kappa shape index (κ2) is 5.57. The van der Waals surface area contributed by atoms with Gasteiger partial charge in [0.25, 0.3) is 11.6 Å². The lowest BCUT2D eigenvalue weighted by molar-refractivity contribution is -0.384. The molecule has 0 saturated carbocycles. The van der Waals surface area contributed by atoms with E-state index >= 15 is 0 Å². The molecule has 2 aromatic rings. The first-order chi connectivity index (χ1) is 9.91. The van der Waals surface area contributed by atoms with Gasteiger partial charge in [0, 0.05) is 0 Å². The van der Waals surface area contributed by atoms with Crippen molar-refractivity contribution in [2.75, 3.05) is 0 Å². The molecule has 1 aromatic heterocycles. The van der Waals surface area contributed by atoms with Crippen LogP contribution in [0.25, 0.3) is 11.5 Å². The average molecular weight is 294 g/mol. The Labute approximate surface area is 120 Å². The number of halogens is 1. The summed E-state index contributed by atoms with van der Waals surface area (Å²) in [4.78, 5) is 14.4. The molecule has 2 N–H and O–H groups in total. The van der Waals surface area contributed by atoms with E-state index < -0.39 is 22.0 Å². The van der Waals surface area contributed by atoms with Crippen LogP contribution >= 0.6 is 0 Å². The molecule has 0 amide bonds. The van der Waals surface area contributed by atoms with Gasteiger partial charge in [-0.25, -0.2) is 4.39 Å². The maximum absolute atomic E-state index is 13.1. The maximum Gasteiger partial charge on any atom is 0.285 e. The lowest BCUT2D eigenvalue weighted by Gasteiger charge is -2.21. The van der Waals surface area contributed by atoms with Crippen molar-refractivity contribution in [1.29, 1.82) is 0 Å². The summed E-state index contributed by atoms with van der Waals surface area (Å²) in [7, 11) is 0. The molecule has 0 aliphatic carbocycles. The van der Waals surface area contributed by atoms with Gasteiger partial charge in [-0.05, 0) is 25.0 Å². The average Bonchev–Trinajstić information content (AvgIpc) is 2.96. The third kappa shape index (κ3) is 2.75. The summed E-state index contributed by atoms with van der Waals surface area (Å²) in [6.07, 6.45) is 1.18. The molecule has 112 valence electrons. The predicted molar refractivity (Wildman–Crippen MR) is 72.8 cm³/mol. The molecule has 0 fully saturated rings. The van der Waals surface area contributed by atoms with E-state index in [0.29, 0.717) is 12.8 Å². The van der Waals surface area contributed by atoms with Crippen molar-refractivity contribution in [2.24, 2.45) is 5.73 Å². The first kappa shape index (κ1) is 15.0. The van der Waals surface area contributed by atoms with Crippen molar-refractivity contribution in [3.8, 4) is 11.5 Å². The Hall–Kier alpha value is -2.35. The van der Waals surface area contributed by atoms with E-state index in [0.717, 1.165) is 12.1 Å². The zero-order chi connectivity index (χ0) is 15.6. The normalized spacial score (nSPS) is 11.6. The van der Waals surface area contributed by atoms with Crippen molar-refractivity contribution in [3.05, 3.63) is 40.0 Å². The number of aromatic nitrogens is 2. The number of hydrogen-bond donors (Lipinski definition) is 1. The van der Waals surface area contributed by atoms with Crippen LogP contribution in [0.2, 0.25) is 0 Å². The van der Waals surface area contributed by atoms with Crippen LogP contribution in [0.1, 0.15) is 32.5 Å². The summed E-state index contributed by atoms with van der Waals surface area (Å²) < 4.78 is 18.2. The highest BCUT2D eigenvalue weighted by Crippen LogP contribution is 2.31. The van der Waals surface area contributed by atoms with Gasteiger partial charge in [0.05, 0.1) is 16.5 Å². The van der Waals surface area contributed by atoms with Gasteiger partial charge in [-0.1, -0.05) is 19.0 Å². The molecule has 7 nitrogen and oxygen atoms in total. The number of nitrogens with zero attached hydrogens (tertiary/aromatic N) is 3. The molecule has 0 bridgehead atoms. The molecule has 8 heteroatoms. The van der Waals surface area contributed by atoms with Crippen LogP contribution in [0, 0.1) is 15.9 Å². The van der Waals surface area contributed by atoms with Gasteiger partial charge in [0.1, 0.15) is 11.4 Å². The van der Waals surface area contributed by atoms with Crippen LogP contribution < -0.4 is 5.73 Å². The highest BCUT2D eigenvalue weighted by Gasteiger charge is 2.30. The number of nitrogens with two attached hydrogens (primary N) is 1. The van der Waals surface area contributed by atoms with Gasteiger partial charge in [0.2, 0.25) is 0 Å². The Balaban J connectivity index is 2.50. The SMILES string of the molecule is CCC(N)(CC)c1noc(-c2ccc(F)cc2[N+](=O)[O-])n1. The minimum absolute atomic E-state index is 0.0478. The molecule has 2 rings (SSSR count). The summed E-state index contributed by atoms with van der Waals surface area (Å²) >= 11 is 0. The second-order valence-electron chi connectivity index (χ2n) is 4.70. The maximum atomic E-state index is 13.1. The third-order valence-electron chi connectivity index (χ3n) is 3.52. The molecule has 0 unspecified atom stereocenters. The molecule has 0 atom stereocenters. The molecular formula is C13H15FN4O3. The first-order valence-corrected chi connectivity index (χ1v) is 6.48. The Morgan fingerprint density at radius 3 is 2.67 bits per heavy atom. The van der Waals surface area contributed by atoms with Crippen LogP contribution in [0.3, 0.4) is 0 Å². The van der Waals surface area contributed by atoms with E-state index in [1.807, 2.05) is 13.8 Å². The minimum Gasteiger partial charge on any atom is -0.334 e. The minimum atomic E-state index is -0.753. The number of nitro groups is 1. The van der Waals surface area contributed by atoms with Crippen molar-refractivity contribution >= 4 is 5.69 Å². The molecule has 0 aliphatic heterocycles. The number of hydrogen-bond acceptors (Lipinski definition) is 6. The molecule has 0 saturated heterocycles. The summed E-state index contributed by atoms with van der Waals surface area (Å²) in [5.74, 6) is -0.477. The van der Waals surface area contributed by atoms with Crippen LogP contribution in [0.5, 0.6) is 0 Å². The van der Waals surface area contributed by atoms with Crippen molar-refractivity contribution in [1.82, 2.24) is 10.1 Å². The summed E-state index contributed by atoms with van der Waals surface area (Å²) in [5.41, 5.74) is 5.03. The number of benzene rings is 1. The number of rotatable bonds is 5. The van der Waals surface area contributed by atoms with Crippen LogP contribution in [0.4, 0.5) is 10.1 Å². The van der Waals surface area contributed by atoms with Gasteiger partial charge >= 0.3 is 0 Å². The van der Waals surface area contributed by atoms with Crippen molar-refractivity contribution < 1.29 is 13.8 Å². The van der Waals surface area contributed by atoms with Crippen LogP contribution in [-0.2, 0) is 5.54 Å². The van der Waals surface area contributed by atoms with Gasteiger partial charge < -0.3 is 10.3 Å². The summed E-state index contributed by atoms with van der Waals surface area (Å²) in [6, 6.07) is 3.15. The topological polar surface area (TPSA) is 108 Å². The quantitative estimate of drug-likeness (QED) is 0.671. The molecule has 0 aliphatic rings. The van der Waals surface area contributed by atoms with Gasteiger partial charge in [-0.3, -0.25) is 10.1 Å².